The van der Waals surface area contributed by atoms with E-state index in [1.165, 1.54) is 0 Å². The van der Waals surface area contributed by atoms with Crippen LogP contribution in [0.5, 0.6) is 0 Å². The van der Waals surface area contributed by atoms with Crippen molar-refractivity contribution in [1.82, 2.24) is 20.9 Å². The van der Waals surface area contributed by atoms with Crippen molar-refractivity contribution in [1.29, 1.82) is 0 Å². The van der Waals surface area contributed by atoms with Crippen molar-refractivity contribution in [3.05, 3.63) is 11.1 Å². The number of hydrogen-bond donors (Lipinski definition) is 3. The fraction of sp³-hybridized carbons (Fsp3) is 0.706. The van der Waals surface area contributed by atoms with Crippen LogP contribution in [0.4, 0.5) is 0 Å². The van der Waals surface area contributed by atoms with Gasteiger partial charge in [0.2, 0.25) is 0 Å². The Morgan fingerprint density at radius 1 is 1.29 bits per heavy atom. The van der Waals surface area contributed by atoms with E-state index in [0.29, 0.717) is 22.8 Å². The maximum Gasteiger partial charge on any atom is 0.256 e. The summed E-state index contributed by atoms with van der Waals surface area (Å²) in [5.41, 5.74) is 0.535. The van der Waals surface area contributed by atoms with Crippen LogP contribution in [0.3, 0.4) is 0 Å². The predicted octanol–water partition coefficient (Wildman–Crippen LogP) is 1.08. The van der Waals surface area contributed by atoms with Crippen molar-refractivity contribution in [3.8, 4) is 0 Å². The molecular formula is C17H28N4O2S. The number of rotatable bonds is 6. The minimum Gasteiger partial charge on any atom is -0.363 e. The van der Waals surface area contributed by atoms with E-state index >= 15 is 0 Å². The van der Waals surface area contributed by atoms with E-state index in [2.05, 4.69) is 27.8 Å². The van der Waals surface area contributed by atoms with E-state index in [9.17, 15) is 9.59 Å². The molecule has 1 saturated heterocycles. The fourth-order valence-corrected chi connectivity index (χ4v) is 4.09. The Morgan fingerprint density at radius 2 is 2.04 bits per heavy atom. The van der Waals surface area contributed by atoms with Gasteiger partial charge in [-0.3, -0.25) is 14.9 Å². The Labute approximate surface area is 149 Å². The number of hydrogen-bond acceptors (Lipinski definition) is 4. The van der Waals surface area contributed by atoms with Gasteiger partial charge in [-0.05, 0) is 32.5 Å². The molecule has 2 heterocycles. The first-order chi connectivity index (χ1) is 11.5. The minimum atomic E-state index is -0.562. The molecule has 2 aliphatic rings. The van der Waals surface area contributed by atoms with Crippen LogP contribution in [-0.2, 0) is 9.59 Å². The third-order valence-electron chi connectivity index (χ3n) is 4.85. The lowest BCUT2D eigenvalue weighted by Gasteiger charge is -2.49. The van der Waals surface area contributed by atoms with Crippen LogP contribution >= 0.6 is 12.2 Å². The van der Waals surface area contributed by atoms with E-state index < -0.39 is 5.54 Å². The molecule has 0 aromatic carbocycles. The molecule has 0 saturated carbocycles. The summed E-state index contributed by atoms with van der Waals surface area (Å²) in [6.45, 7) is 8.78. The summed E-state index contributed by atoms with van der Waals surface area (Å²) in [4.78, 5) is 26.7. The smallest absolute Gasteiger partial charge is 0.256 e. The van der Waals surface area contributed by atoms with Crippen molar-refractivity contribution < 1.29 is 9.59 Å². The molecule has 2 amide bonds. The molecule has 6 nitrogen and oxygen atoms in total. The highest BCUT2D eigenvalue weighted by Crippen LogP contribution is 2.36. The largest absolute Gasteiger partial charge is 0.363 e. The number of unbranched alkanes of at least 4 members (excludes halogenated alkanes) is 2. The summed E-state index contributed by atoms with van der Waals surface area (Å²) in [6, 6.07) is 0. The Kier molecular flexibility index (Phi) is 6.34. The van der Waals surface area contributed by atoms with E-state index in [-0.39, 0.29) is 11.8 Å². The van der Waals surface area contributed by atoms with Crippen LogP contribution in [0.25, 0.3) is 0 Å². The lowest BCUT2D eigenvalue weighted by molar-refractivity contribution is -0.124. The molecule has 24 heavy (non-hydrogen) atoms. The maximum absolute atomic E-state index is 12.6. The average Bonchev–Trinajstić information content (AvgIpc) is 2.81. The molecule has 3 N–H and O–H groups in total. The van der Waals surface area contributed by atoms with E-state index in [4.69, 9.17) is 12.2 Å². The Morgan fingerprint density at radius 3 is 2.62 bits per heavy atom. The van der Waals surface area contributed by atoms with E-state index in [1.807, 2.05) is 6.92 Å². The second-order valence-corrected chi connectivity index (χ2v) is 6.82. The maximum atomic E-state index is 12.6. The van der Waals surface area contributed by atoms with Crippen LogP contribution in [0, 0.1) is 0 Å². The lowest BCUT2D eigenvalue weighted by atomic mass is 9.79. The molecule has 7 heteroatoms. The monoisotopic (exact) mass is 352 g/mol. The normalized spacial score (nSPS) is 24.4. The number of carbonyl (C=O) groups is 2. The first-order valence-electron chi connectivity index (χ1n) is 8.81. The quantitative estimate of drug-likeness (QED) is 0.377. The van der Waals surface area contributed by atoms with Crippen molar-refractivity contribution in [3.63, 3.8) is 0 Å². The molecule has 0 aliphatic carbocycles. The van der Waals surface area contributed by atoms with Gasteiger partial charge >= 0.3 is 0 Å². The highest BCUT2D eigenvalue weighted by atomic mass is 32.1. The van der Waals surface area contributed by atoms with Crippen LogP contribution in [-0.4, -0.2) is 53.5 Å². The zero-order valence-corrected chi connectivity index (χ0v) is 15.6. The Bertz CT molecular complexity index is 561. The van der Waals surface area contributed by atoms with E-state index in [0.717, 1.165) is 45.3 Å². The number of imide groups is 1. The standard InChI is InChI=1S/C17H28N4O2S/c1-4-6-7-8-17(13-12(3)14(22)20-15(13)23)11-18-9-10-21(17)16(24)19-5-2/h18H,4-11H2,1-3H3,(H,19,24)(H,20,22,23). The number of nitrogens with one attached hydrogen (secondary N) is 3. The first-order valence-corrected chi connectivity index (χ1v) is 9.22. The zero-order valence-electron chi connectivity index (χ0n) is 14.8. The highest BCUT2D eigenvalue weighted by molar-refractivity contribution is 7.80. The topological polar surface area (TPSA) is 73.5 Å². The third-order valence-corrected chi connectivity index (χ3v) is 5.21. The molecule has 0 spiro atoms. The fourth-order valence-electron chi connectivity index (χ4n) is 3.68. The summed E-state index contributed by atoms with van der Waals surface area (Å²) >= 11 is 5.59. The Balaban J connectivity index is 2.46. The molecule has 2 aliphatic heterocycles. The second kappa shape index (κ2) is 8.07. The number of amides is 2. The predicted molar refractivity (Wildman–Crippen MR) is 98.6 cm³/mol. The third kappa shape index (κ3) is 3.47. The summed E-state index contributed by atoms with van der Waals surface area (Å²) in [6.07, 6.45) is 3.98. The van der Waals surface area contributed by atoms with Crippen molar-refractivity contribution in [2.45, 2.75) is 52.0 Å². The van der Waals surface area contributed by atoms with Crippen LogP contribution < -0.4 is 16.0 Å². The summed E-state index contributed by atoms with van der Waals surface area (Å²) in [5, 5.41) is 9.73. The molecule has 0 radical (unpaired) electrons. The minimum absolute atomic E-state index is 0.276. The SMILES string of the molecule is CCCCCC1(C2=C(C)C(=O)NC2=O)CNCCN1C(=S)NCC. The van der Waals surface area contributed by atoms with Gasteiger partial charge in [0.05, 0.1) is 11.1 Å². The molecule has 0 aromatic rings. The first kappa shape index (κ1) is 18.9. The van der Waals surface area contributed by atoms with Crippen molar-refractivity contribution in [2.75, 3.05) is 26.2 Å². The number of piperazine rings is 1. The molecule has 134 valence electrons. The zero-order chi connectivity index (χ0) is 17.7. The van der Waals surface area contributed by atoms with E-state index in [1.54, 1.807) is 6.92 Å². The van der Waals surface area contributed by atoms with Gasteiger partial charge in [0.25, 0.3) is 11.8 Å². The summed E-state index contributed by atoms with van der Waals surface area (Å²) in [5.74, 6) is -0.563. The van der Waals surface area contributed by atoms with Gasteiger partial charge in [-0.1, -0.05) is 26.2 Å². The van der Waals surface area contributed by atoms with Gasteiger partial charge in [-0.2, -0.15) is 0 Å². The molecule has 1 unspecified atom stereocenters. The summed E-state index contributed by atoms with van der Waals surface area (Å²) in [7, 11) is 0. The average molecular weight is 353 g/mol. The lowest BCUT2D eigenvalue weighted by Crippen LogP contribution is -2.66. The second-order valence-electron chi connectivity index (χ2n) is 6.44. The molecule has 1 fully saturated rings. The van der Waals surface area contributed by atoms with Gasteiger partial charge in [-0.25, -0.2) is 0 Å². The van der Waals surface area contributed by atoms with Gasteiger partial charge in [0.15, 0.2) is 5.11 Å². The molecular weight excluding hydrogens is 324 g/mol. The Hall–Kier alpha value is -1.47. The molecule has 2 rings (SSSR count). The molecule has 1 atom stereocenters. The molecule has 0 aromatic heterocycles. The van der Waals surface area contributed by atoms with Crippen molar-refractivity contribution in [2.24, 2.45) is 0 Å². The van der Waals surface area contributed by atoms with Gasteiger partial charge in [0, 0.05) is 31.8 Å². The molecule has 0 bridgehead atoms. The van der Waals surface area contributed by atoms with Gasteiger partial charge in [0.1, 0.15) is 0 Å². The number of thiocarbonyl (C=S) groups is 1. The number of nitrogens with zero attached hydrogens (tertiary/aromatic N) is 1. The van der Waals surface area contributed by atoms with Crippen LogP contribution in [0.2, 0.25) is 0 Å². The summed E-state index contributed by atoms with van der Waals surface area (Å²) < 4.78 is 0. The van der Waals surface area contributed by atoms with Crippen molar-refractivity contribution >= 4 is 29.1 Å². The van der Waals surface area contributed by atoms with Gasteiger partial charge in [-0.15, -0.1) is 0 Å². The van der Waals surface area contributed by atoms with Crippen LogP contribution in [0.15, 0.2) is 11.1 Å². The van der Waals surface area contributed by atoms with Crippen LogP contribution in [0.1, 0.15) is 46.5 Å². The highest BCUT2D eigenvalue weighted by Gasteiger charge is 2.49. The number of carbonyl (C=O) groups excluding carboxylic acids is 2. The van der Waals surface area contributed by atoms with Gasteiger partial charge < -0.3 is 15.5 Å².